The third kappa shape index (κ3) is 2.67. The summed E-state index contributed by atoms with van der Waals surface area (Å²) in [6, 6.07) is 5.72. The standard InChI is InChI=1S/C13H21NO2/c1-5-9(2)13(14)11-8-10(15-3)6-7-12(11)16-4/h6-9,13H,5,14H2,1-4H3/t9?,13-/m1/s1. The van der Waals surface area contributed by atoms with Crippen LogP contribution < -0.4 is 15.2 Å². The van der Waals surface area contributed by atoms with Crippen molar-refractivity contribution in [3.05, 3.63) is 23.8 Å². The van der Waals surface area contributed by atoms with Crippen LogP contribution in [-0.4, -0.2) is 14.2 Å². The molecule has 0 spiro atoms. The molecule has 0 saturated heterocycles. The minimum atomic E-state index is -0.0185. The van der Waals surface area contributed by atoms with Gasteiger partial charge in [0.25, 0.3) is 0 Å². The Bertz CT molecular complexity index is 339. The molecule has 0 aliphatic carbocycles. The number of rotatable bonds is 5. The number of benzene rings is 1. The summed E-state index contributed by atoms with van der Waals surface area (Å²) in [6.45, 7) is 4.28. The number of hydrogen-bond acceptors (Lipinski definition) is 3. The lowest BCUT2D eigenvalue weighted by atomic mass is 9.92. The summed E-state index contributed by atoms with van der Waals surface area (Å²) >= 11 is 0. The number of hydrogen-bond donors (Lipinski definition) is 1. The molecule has 1 aromatic carbocycles. The Morgan fingerprint density at radius 2 is 1.94 bits per heavy atom. The Kier molecular flexibility index (Phi) is 4.62. The van der Waals surface area contributed by atoms with Gasteiger partial charge in [0, 0.05) is 11.6 Å². The summed E-state index contributed by atoms with van der Waals surface area (Å²) in [7, 11) is 3.31. The number of ether oxygens (including phenoxy) is 2. The van der Waals surface area contributed by atoms with Crippen LogP contribution in [0.1, 0.15) is 31.9 Å². The van der Waals surface area contributed by atoms with Crippen LogP contribution in [0, 0.1) is 5.92 Å². The van der Waals surface area contributed by atoms with Crippen molar-refractivity contribution in [2.45, 2.75) is 26.3 Å². The minimum absolute atomic E-state index is 0.0185. The van der Waals surface area contributed by atoms with Crippen molar-refractivity contribution < 1.29 is 9.47 Å². The van der Waals surface area contributed by atoms with E-state index in [2.05, 4.69) is 13.8 Å². The quantitative estimate of drug-likeness (QED) is 0.834. The molecule has 1 aromatic rings. The van der Waals surface area contributed by atoms with E-state index in [-0.39, 0.29) is 6.04 Å². The van der Waals surface area contributed by atoms with Crippen molar-refractivity contribution >= 4 is 0 Å². The van der Waals surface area contributed by atoms with Crippen LogP contribution >= 0.6 is 0 Å². The van der Waals surface area contributed by atoms with E-state index in [1.54, 1.807) is 14.2 Å². The van der Waals surface area contributed by atoms with E-state index in [1.807, 2.05) is 18.2 Å². The molecule has 3 nitrogen and oxygen atoms in total. The van der Waals surface area contributed by atoms with E-state index < -0.39 is 0 Å². The second kappa shape index (κ2) is 5.75. The van der Waals surface area contributed by atoms with Gasteiger partial charge in [-0.2, -0.15) is 0 Å². The largest absolute Gasteiger partial charge is 0.497 e. The van der Waals surface area contributed by atoms with Gasteiger partial charge in [-0.15, -0.1) is 0 Å². The Labute approximate surface area is 97.6 Å². The lowest BCUT2D eigenvalue weighted by Gasteiger charge is -2.21. The fraction of sp³-hybridized carbons (Fsp3) is 0.538. The van der Waals surface area contributed by atoms with E-state index in [4.69, 9.17) is 15.2 Å². The van der Waals surface area contributed by atoms with Crippen LogP contribution in [0.5, 0.6) is 11.5 Å². The molecule has 0 aliphatic rings. The Hall–Kier alpha value is -1.22. The second-order valence-electron chi connectivity index (χ2n) is 4.02. The molecule has 0 aromatic heterocycles. The van der Waals surface area contributed by atoms with Gasteiger partial charge in [0.15, 0.2) is 0 Å². The highest BCUT2D eigenvalue weighted by Gasteiger charge is 2.18. The number of nitrogens with two attached hydrogens (primary N) is 1. The highest BCUT2D eigenvalue weighted by atomic mass is 16.5. The van der Waals surface area contributed by atoms with Crippen molar-refractivity contribution in [1.82, 2.24) is 0 Å². The summed E-state index contributed by atoms with van der Waals surface area (Å²) in [5, 5.41) is 0. The van der Waals surface area contributed by atoms with Gasteiger partial charge in [-0.1, -0.05) is 20.3 Å². The van der Waals surface area contributed by atoms with Crippen LogP contribution in [0.3, 0.4) is 0 Å². The second-order valence-corrected chi connectivity index (χ2v) is 4.02. The fourth-order valence-electron chi connectivity index (χ4n) is 1.66. The first-order chi connectivity index (χ1) is 7.63. The predicted octanol–water partition coefficient (Wildman–Crippen LogP) is 2.75. The zero-order valence-electron chi connectivity index (χ0n) is 10.5. The molecule has 1 unspecified atom stereocenters. The lowest BCUT2D eigenvalue weighted by molar-refractivity contribution is 0.380. The summed E-state index contributed by atoms with van der Waals surface area (Å²) < 4.78 is 10.5. The normalized spacial score (nSPS) is 14.3. The summed E-state index contributed by atoms with van der Waals surface area (Å²) in [5.41, 5.74) is 7.22. The SMILES string of the molecule is CCC(C)[C@@H](N)c1cc(OC)ccc1OC. The molecule has 0 radical (unpaired) electrons. The van der Waals surface area contributed by atoms with Crippen LogP contribution in [0.15, 0.2) is 18.2 Å². The maximum Gasteiger partial charge on any atom is 0.123 e. The predicted molar refractivity (Wildman–Crippen MR) is 65.9 cm³/mol. The molecule has 0 amide bonds. The topological polar surface area (TPSA) is 44.5 Å². The first kappa shape index (κ1) is 12.8. The zero-order valence-corrected chi connectivity index (χ0v) is 10.5. The van der Waals surface area contributed by atoms with Gasteiger partial charge in [-0.25, -0.2) is 0 Å². The van der Waals surface area contributed by atoms with E-state index >= 15 is 0 Å². The molecule has 0 fully saturated rings. The highest BCUT2D eigenvalue weighted by Crippen LogP contribution is 2.32. The van der Waals surface area contributed by atoms with E-state index in [9.17, 15) is 0 Å². The van der Waals surface area contributed by atoms with Gasteiger partial charge in [-0.3, -0.25) is 0 Å². The molecule has 2 N–H and O–H groups in total. The first-order valence-corrected chi connectivity index (χ1v) is 5.61. The van der Waals surface area contributed by atoms with Gasteiger partial charge >= 0.3 is 0 Å². The molecule has 0 bridgehead atoms. The number of methoxy groups -OCH3 is 2. The average molecular weight is 223 g/mol. The molecular formula is C13H21NO2. The van der Waals surface area contributed by atoms with Crippen molar-refractivity contribution in [3.63, 3.8) is 0 Å². The average Bonchev–Trinajstić information content (AvgIpc) is 2.35. The van der Waals surface area contributed by atoms with Crippen LogP contribution in [0.2, 0.25) is 0 Å². The van der Waals surface area contributed by atoms with Crippen LogP contribution in [-0.2, 0) is 0 Å². The highest BCUT2D eigenvalue weighted by molar-refractivity contribution is 5.42. The Morgan fingerprint density at radius 1 is 1.25 bits per heavy atom. The lowest BCUT2D eigenvalue weighted by Crippen LogP contribution is -2.19. The first-order valence-electron chi connectivity index (χ1n) is 5.61. The van der Waals surface area contributed by atoms with E-state index in [0.29, 0.717) is 5.92 Å². The van der Waals surface area contributed by atoms with E-state index in [1.165, 1.54) is 0 Å². The monoisotopic (exact) mass is 223 g/mol. The maximum atomic E-state index is 6.21. The van der Waals surface area contributed by atoms with Gasteiger partial charge in [0.05, 0.1) is 14.2 Å². The molecule has 0 saturated carbocycles. The van der Waals surface area contributed by atoms with E-state index in [0.717, 1.165) is 23.5 Å². The molecule has 1 rings (SSSR count). The summed E-state index contributed by atoms with van der Waals surface area (Å²) in [5.74, 6) is 2.06. The molecule has 2 atom stereocenters. The van der Waals surface area contributed by atoms with Crippen molar-refractivity contribution in [2.24, 2.45) is 11.7 Å². The third-order valence-corrected chi connectivity index (χ3v) is 3.05. The van der Waals surface area contributed by atoms with Crippen molar-refractivity contribution in [3.8, 4) is 11.5 Å². The van der Waals surface area contributed by atoms with Crippen molar-refractivity contribution in [1.29, 1.82) is 0 Å². The smallest absolute Gasteiger partial charge is 0.123 e. The fourth-order valence-corrected chi connectivity index (χ4v) is 1.66. The van der Waals surface area contributed by atoms with Crippen LogP contribution in [0.4, 0.5) is 0 Å². The molecular weight excluding hydrogens is 202 g/mol. The molecule has 0 heterocycles. The maximum absolute atomic E-state index is 6.21. The molecule has 90 valence electrons. The Morgan fingerprint density at radius 3 is 2.44 bits per heavy atom. The molecule has 0 aliphatic heterocycles. The Balaban J connectivity index is 3.07. The minimum Gasteiger partial charge on any atom is -0.497 e. The zero-order chi connectivity index (χ0) is 12.1. The molecule has 3 heteroatoms. The van der Waals surface area contributed by atoms with Gasteiger partial charge in [0.1, 0.15) is 11.5 Å². The summed E-state index contributed by atoms with van der Waals surface area (Å²) in [4.78, 5) is 0. The van der Waals surface area contributed by atoms with Gasteiger partial charge in [0.2, 0.25) is 0 Å². The summed E-state index contributed by atoms with van der Waals surface area (Å²) in [6.07, 6.45) is 1.04. The van der Waals surface area contributed by atoms with Gasteiger partial charge in [-0.05, 0) is 24.1 Å². The third-order valence-electron chi connectivity index (χ3n) is 3.05. The van der Waals surface area contributed by atoms with Gasteiger partial charge < -0.3 is 15.2 Å². The molecule has 16 heavy (non-hydrogen) atoms. The van der Waals surface area contributed by atoms with Crippen molar-refractivity contribution in [2.75, 3.05) is 14.2 Å². The van der Waals surface area contributed by atoms with Crippen LogP contribution in [0.25, 0.3) is 0 Å².